The van der Waals surface area contributed by atoms with Crippen molar-refractivity contribution in [1.82, 2.24) is 0 Å². The summed E-state index contributed by atoms with van der Waals surface area (Å²) in [6, 6.07) is 0. The van der Waals surface area contributed by atoms with Crippen LogP contribution in [0.5, 0.6) is 0 Å². The summed E-state index contributed by atoms with van der Waals surface area (Å²) in [5.41, 5.74) is 3.89. The molecular formula is C18H40N2O2. The van der Waals surface area contributed by atoms with Gasteiger partial charge in [-0.3, -0.25) is 0 Å². The lowest BCUT2D eigenvalue weighted by Crippen LogP contribution is -2.50. The summed E-state index contributed by atoms with van der Waals surface area (Å²) in [4.78, 5) is 8.00. The zero-order chi connectivity index (χ0) is 16.7. The van der Waals surface area contributed by atoms with Gasteiger partial charge in [0.05, 0.1) is 6.54 Å². The van der Waals surface area contributed by atoms with Crippen LogP contribution < -0.4 is 5.73 Å². The topological polar surface area (TPSA) is 80.1 Å². The van der Waals surface area contributed by atoms with Gasteiger partial charge in [0.2, 0.25) is 0 Å². The smallest absolute Gasteiger partial charge is 0.0739 e. The van der Waals surface area contributed by atoms with Gasteiger partial charge in [-0.1, -0.05) is 96.8 Å². The fourth-order valence-corrected chi connectivity index (χ4v) is 2.72. The molecule has 0 saturated carbocycles. The molecule has 0 aliphatic rings. The van der Waals surface area contributed by atoms with Gasteiger partial charge < -0.3 is 15.8 Å². The van der Waals surface area contributed by atoms with E-state index in [4.69, 9.17) is 10.1 Å². The second kappa shape index (κ2) is 25.3. The van der Waals surface area contributed by atoms with Crippen molar-refractivity contribution >= 4 is 0 Å². The fraction of sp³-hybridized carbons (Fsp3) is 1.00. The first kappa shape index (κ1) is 23.6. The first-order valence-electron chi connectivity index (χ1n) is 9.57. The third-order valence-corrected chi connectivity index (χ3v) is 4.10. The third-order valence-electron chi connectivity index (χ3n) is 4.10. The van der Waals surface area contributed by atoms with Crippen molar-refractivity contribution in [3.05, 3.63) is 10.1 Å². The molecule has 0 radical (unpaired) electrons. The van der Waals surface area contributed by atoms with Gasteiger partial charge in [-0.15, -0.1) is 5.34 Å². The molecule has 3 N–H and O–H groups in total. The van der Waals surface area contributed by atoms with Crippen molar-refractivity contribution < 1.29 is 5.73 Å². The van der Waals surface area contributed by atoms with Crippen molar-refractivity contribution in [2.24, 2.45) is 5.34 Å². The summed E-state index contributed by atoms with van der Waals surface area (Å²) in [7, 11) is 0. The predicted molar refractivity (Wildman–Crippen MR) is 96.5 cm³/mol. The highest BCUT2D eigenvalue weighted by Gasteiger charge is 1.94. The highest BCUT2D eigenvalue weighted by atomic mass is 16.6. The van der Waals surface area contributed by atoms with Gasteiger partial charge in [-0.2, -0.15) is 0 Å². The van der Waals surface area contributed by atoms with Gasteiger partial charge in [0, 0.05) is 0 Å². The Labute approximate surface area is 138 Å². The Bertz CT molecular complexity index is 174. The van der Waals surface area contributed by atoms with Gasteiger partial charge in [-0.25, -0.2) is 0 Å². The van der Waals surface area contributed by atoms with Crippen molar-refractivity contribution in [2.45, 2.75) is 110 Å². The zero-order valence-electron chi connectivity index (χ0n) is 15.0. The van der Waals surface area contributed by atoms with Crippen LogP contribution >= 0.6 is 0 Å². The molecular weight excluding hydrogens is 276 g/mol. The first-order valence-corrected chi connectivity index (χ1v) is 9.57. The van der Waals surface area contributed by atoms with Crippen LogP contribution in [0, 0.1) is 10.1 Å². The van der Waals surface area contributed by atoms with E-state index in [-0.39, 0.29) is 0 Å². The average molecular weight is 317 g/mol. The zero-order valence-corrected chi connectivity index (χ0v) is 15.0. The first-order chi connectivity index (χ1) is 10.8. The maximum absolute atomic E-state index is 8.00. The Morgan fingerprint density at radius 3 is 1.09 bits per heavy atom. The van der Waals surface area contributed by atoms with Crippen LogP contribution in [-0.4, -0.2) is 6.54 Å². The van der Waals surface area contributed by atoms with Gasteiger partial charge in [0.25, 0.3) is 0 Å². The highest BCUT2D eigenvalue weighted by molar-refractivity contribution is 4.49. The summed E-state index contributed by atoms with van der Waals surface area (Å²) < 4.78 is 0. The van der Waals surface area contributed by atoms with E-state index < -0.39 is 0 Å². The number of quaternary nitrogens is 1. The van der Waals surface area contributed by atoms with Crippen molar-refractivity contribution in [2.75, 3.05) is 6.54 Å². The van der Waals surface area contributed by atoms with Gasteiger partial charge in [0.15, 0.2) is 0 Å². The lowest BCUT2D eigenvalue weighted by Gasteiger charge is -2.03. The highest BCUT2D eigenvalue weighted by Crippen LogP contribution is 2.13. The van der Waals surface area contributed by atoms with Crippen LogP contribution in [0.2, 0.25) is 0 Å². The minimum atomic E-state index is 1.00. The predicted octanol–water partition coefficient (Wildman–Crippen LogP) is 5.74. The molecule has 0 heterocycles. The molecule has 0 aromatic carbocycles. The summed E-state index contributed by atoms with van der Waals surface area (Å²) in [5, 5.41) is 9.00. The molecule has 0 saturated heterocycles. The van der Waals surface area contributed by atoms with Crippen LogP contribution in [0.4, 0.5) is 0 Å². The maximum atomic E-state index is 8.00. The number of rotatable bonds is 16. The number of unbranched alkanes of at least 4 members (excludes halogenated alkanes) is 15. The van der Waals surface area contributed by atoms with Gasteiger partial charge in [-0.05, 0) is 12.8 Å². The Morgan fingerprint density at radius 1 is 0.636 bits per heavy atom. The fourth-order valence-electron chi connectivity index (χ4n) is 2.72. The molecule has 0 spiro atoms. The van der Waals surface area contributed by atoms with Crippen LogP contribution in [0.15, 0.2) is 5.34 Å². The molecule has 134 valence electrons. The molecule has 0 aliphatic heterocycles. The molecule has 0 aliphatic carbocycles. The number of hydrogen-bond donors (Lipinski definition) is 1. The maximum Gasteiger partial charge on any atom is 0.0739 e. The summed E-state index contributed by atoms with van der Waals surface area (Å²) in [5.74, 6) is 0. The lowest BCUT2D eigenvalue weighted by molar-refractivity contribution is -0.368. The monoisotopic (exact) mass is 316 g/mol. The Balaban J connectivity index is 0. The van der Waals surface area contributed by atoms with E-state index in [9.17, 15) is 0 Å². The minimum Gasteiger partial charge on any atom is -0.444 e. The standard InChI is InChI=1S/C18H39N.HNO2/c1-2-3-4-5-6-7-8-9-10-11-12-13-14-15-16-17-18-19;2-1-3/h2-19H2,1H3;(H,2,3). The molecule has 0 bridgehead atoms. The Kier molecular flexibility index (Phi) is 27.2. The number of nitrogens with zero attached hydrogens (tertiary/aromatic N) is 1. The Hall–Kier alpha value is -0.640. The Morgan fingerprint density at radius 2 is 0.864 bits per heavy atom. The summed E-state index contributed by atoms with van der Waals surface area (Å²) in [6.45, 7) is 3.42. The van der Waals surface area contributed by atoms with E-state index in [2.05, 4.69) is 12.7 Å². The molecule has 22 heavy (non-hydrogen) atoms. The van der Waals surface area contributed by atoms with E-state index in [0.29, 0.717) is 0 Å². The normalized spacial score (nSPS) is 10.1. The van der Waals surface area contributed by atoms with Crippen molar-refractivity contribution in [3.8, 4) is 0 Å². The molecule has 0 unspecified atom stereocenters. The molecule has 0 aromatic rings. The summed E-state index contributed by atoms with van der Waals surface area (Å²) in [6.07, 6.45) is 23.2. The minimum absolute atomic E-state index is 1.00. The van der Waals surface area contributed by atoms with Crippen molar-refractivity contribution in [1.29, 1.82) is 0 Å². The quantitative estimate of drug-likeness (QED) is 0.224. The largest absolute Gasteiger partial charge is 0.444 e. The van der Waals surface area contributed by atoms with Crippen LogP contribution in [-0.2, 0) is 0 Å². The summed E-state index contributed by atoms with van der Waals surface area (Å²) >= 11 is 0. The SMILES string of the molecule is CCCCCCCCCCCCCCCCCC[NH3+].O=N[O-]. The molecule has 0 amide bonds. The van der Waals surface area contributed by atoms with E-state index in [1.165, 1.54) is 103 Å². The average Bonchev–Trinajstić information content (AvgIpc) is 2.52. The van der Waals surface area contributed by atoms with Crippen LogP contribution in [0.25, 0.3) is 0 Å². The van der Waals surface area contributed by atoms with Gasteiger partial charge >= 0.3 is 0 Å². The molecule has 0 aromatic heterocycles. The van der Waals surface area contributed by atoms with E-state index in [1.807, 2.05) is 0 Å². The van der Waals surface area contributed by atoms with Crippen LogP contribution in [0.3, 0.4) is 0 Å². The lowest BCUT2D eigenvalue weighted by atomic mass is 10.0. The molecule has 0 rings (SSSR count). The van der Waals surface area contributed by atoms with E-state index in [0.717, 1.165) is 11.9 Å². The second-order valence-corrected chi connectivity index (χ2v) is 6.23. The molecule has 4 heteroatoms. The third kappa shape index (κ3) is 27.7. The molecule has 0 atom stereocenters. The molecule has 0 fully saturated rings. The second-order valence-electron chi connectivity index (χ2n) is 6.23. The number of hydrogen-bond acceptors (Lipinski definition) is 3. The molecule has 4 nitrogen and oxygen atoms in total. The van der Waals surface area contributed by atoms with Gasteiger partial charge in [0.1, 0.15) is 0 Å². The van der Waals surface area contributed by atoms with E-state index >= 15 is 0 Å². The van der Waals surface area contributed by atoms with Crippen molar-refractivity contribution in [3.63, 3.8) is 0 Å². The van der Waals surface area contributed by atoms with E-state index in [1.54, 1.807) is 0 Å². The van der Waals surface area contributed by atoms with Crippen LogP contribution in [0.1, 0.15) is 110 Å².